The molecular weight excluding hydrogens is 1150 g/mol. The lowest BCUT2D eigenvalue weighted by atomic mass is 9.79. The Kier molecular flexibility index (Phi) is 20.8. The second-order valence-corrected chi connectivity index (χ2v) is 28.7. The summed E-state index contributed by atoms with van der Waals surface area (Å²) in [6.45, 7) is 25.6. The van der Waals surface area contributed by atoms with Crippen LogP contribution in [-0.2, 0) is 33.1 Å². The first-order valence-corrected chi connectivity index (χ1v) is 31.1. The molecule has 2 aromatic heterocycles. The van der Waals surface area contributed by atoms with Gasteiger partial charge in [-0.15, -0.1) is 22.7 Å². The van der Waals surface area contributed by atoms with E-state index >= 15 is 0 Å². The molecule has 4 aromatic rings. The first-order chi connectivity index (χ1) is 38.5. The fourth-order valence-corrected chi connectivity index (χ4v) is 12.6. The third-order valence-electron chi connectivity index (χ3n) is 15.0. The van der Waals surface area contributed by atoms with Crippen LogP contribution in [0.1, 0.15) is 149 Å². The van der Waals surface area contributed by atoms with E-state index < -0.39 is 58.8 Å². The molecule has 2 amide bonds. The number of carbonyl (C=O) groups excluding carboxylic acids is 2. The molecule has 2 aromatic carbocycles. The van der Waals surface area contributed by atoms with E-state index in [1.54, 1.807) is 55.3 Å². The van der Waals surface area contributed by atoms with Crippen LogP contribution in [0, 0.1) is 11.8 Å². The molecule has 0 spiro atoms. The maximum Gasteiger partial charge on any atom is 0.534 e. The maximum atomic E-state index is 12.9. The van der Waals surface area contributed by atoms with Crippen molar-refractivity contribution in [2.45, 2.75) is 174 Å². The lowest BCUT2D eigenvalue weighted by Gasteiger charge is -2.33. The summed E-state index contributed by atoms with van der Waals surface area (Å²) in [6, 6.07) is 12.4. The van der Waals surface area contributed by atoms with Crippen LogP contribution in [0.4, 0.5) is 40.3 Å². The van der Waals surface area contributed by atoms with Crippen LogP contribution in [0.2, 0.25) is 0 Å². The predicted molar refractivity (Wildman–Crippen MR) is 309 cm³/mol. The molecule has 26 heteroatoms. The molecular formula is C57H78BF7N6O9S3. The Morgan fingerprint density at radius 1 is 0.687 bits per heavy atom. The number of alkyl halides is 7. The number of hydrogen-bond donors (Lipinski definition) is 0. The van der Waals surface area contributed by atoms with Gasteiger partial charge in [0.15, 0.2) is 0 Å². The molecule has 0 bridgehead atoms. The van der Waals surface area contributed by atoms with E-state index in [0.717, 1.165) is 90.3 Å². The van der Waals surface area contributed by atoms with Crippen molar-refractivity contribution in [3.63, 3.8) is 0 Å². The molecule has 0 radical (unpaired) electrons. The summed E-state index contributed by atoms with van der Waals surface area (Å²) in [6.07, 6.45) is 2.09. The number of aromatic nitrogens is 2. The van der Waals surface area contributed by atoms with Gasteiger partial charge >= 0.3 is 34.9 Å². The number of amides is 2. The van der Waals surface area contributed by atoms with Gasteiger partial charge in [-0.05, 0) is 182 Å². The number of hydrogen-bond acceptors (Lipinski definition) is 15. The van der Waals surface area contributed by atoms with Crippen molar-refractivity contribution in [1.29, 1.82) is 0 Å². The van der Waals surface area contributed by atoms with Crippen molar-refractivity contribution in [3.05, 3.63) is 70.0 Å². The minimum Gasteiger partial charge on any atom is -0.443 e. The third kappa shape index (κ3) is 17.5. The Morgan fingerprint density at radius 2 is 1.12 bits per heavy atom. The van der Waals surface area contributed by atoms with Crippen LogP contribution in [0.15, 0.2) is 54.4 Å². The number of thiazole rings is 2. The monoisotopic (exact) mass is 1230 g/mol. The molecule has 3 fully saturated rings. The molecule has 5 aliphatic heterocycles. The second kappa shape index (κ2) is 26.2. The van der Waals surface area contributed by atoms with Crippen molar-refractivity contribution in [3.8, 4) is 0 Å². The normalized spacial score (nSPS) is 21.6. The van der Waals surface area contributed by atoms with Crippen molar-refractivity contribution in [2.24, 2.45) is 11.8 Å². The molecule has 5 aliphatic rings. The van der Waals surface area contributed by atoms with Gasteiger partial charge in [0.05, 0.1) is 60.4 Å². The molecule has 83 heavy (non-hydrogen) atoms. The number of rotatable bonds is 10. The predicted octanol–water partition coefficient (Wildman–Crippen LogP) is 13.4. The molecule has 7 heterocycles. The van der Waals surface area contributed by atoms with Crippen molar-refractivity contribution in [1.82, 2.24) is 29.6 Å². The number of fused-ring (bicyclic) bond motifs is 2. The smallest absolute Gasteiger partial charge is 0.443 e. The zero-order valence-corrected chi connectivity index (χ0v) is 51.7. The summed E-state index contributed by atoms with van der Waals surface area (Å²) in [5.41, 5.74) is -3.05. The number of nitrogens with zero attached hydrogens (tertiary/aromatic N) is 6. The first kappa shape index (κ1) is 65.9. The fraction of sp³-hybridized carbons (Fsp3) is 0.649. The molecule has 0 saturated carbocycles. The van der Waals surface area contributed by atoms with Crippen LogP contribution < -0.4 is 5.46 Å². The van der Waals surface area contributed by atoms with Gasteiger partial charge in [-0.1, -0.05) is 32.1 Å². The second-order valence-electron chi connectivity index (χ2n) is 25.0. The number of halogens is 7. The van der Waals surface area contributed by atoms with E-state index in [2.05, 4.69) is 53.6 Å². The van der Waals surface area contributed by atoms with Gasteiger partial charge in [-0.3, -0.25) is 14.7 Å². The minimum absolute atomic E-state index is 0.00583. The highest BCUT2D eigenvalue weighted by Crippen LogP contribution is 2.40. The first-order valence-electron chi connectivity index (χ1n) is 28.1. The molecule has 0 aliphatic carbocycles. The van der Waals surface area contributed by atoms with E-state index in [9.17, 15) is 48.7 Å². The number of allylic oxidation sites excluding steroid dienone is 2. The quantitative estimate of drug-likeness (QED) is 0.0641. The van der Waals surface area contributed by atoms with Crippen LogP contribution in [-0.4, -0.2) is 150 Å². The van der Waals surface area contributed by atoms with Gasteiger partial charge in [-0.2, -0.15) is 21.6 Å². The van der Waals surface area contributed by atoms with Crippen LogP contribution >= 0.6 is 22.7 Å². The molecule has 3 saturated heterocycles. The zero-order chi connectivity index (χ0) is 61.2. The number of likely N-dealkylation sites (tertiary alicyclic amines) is 2. The highest BCUT2D eigenvalue weighted by Gasteiger charge is 2.52. The SMILES string of the molecule is CC1(C)OB(c2ccc3sc(C4CCN(CC(F)F)CC4)nc3c2)OC1(C)C.C[C@H]1CC=C(OS(=O)(=O)C(F)(F)F)N(C(=O)OC(C)(C)C)C1.C[C@H]1CC=C(c2ccc3sc(C4CCN(CC(F)F)CC4)nc3c2)N(C(=O)OC(C)(C)C)C1. The molecule has 9 rings (SSSR count). The van der Waals surface area contributed by atoms with Crippen LogP contribution in [0.3, 0.4) is 0 Å². The number of carbonyl (C=O) groups is 2. The molecule has 0 unspecified atom stereocenters. The van der Waals surface area contributed by atoms with Gasteiger partial charge in [0, 0.05) is 30.5 Å². The lowest BCUT2D eigenvalue weighted by molar-refractivity contribution is -0.0546. The van der Waals surface area contributed by atoms with Crippen molar-refractivity contribution in [2.75, 3.05) is 52.4 Å². The number of ether oxygens (including phenoxy) is 2. The average molecular weight is 1230 g/mol. The molecule has 0 N–H and O–H groups in total. The van der Waals surface area contributed by atoms with Gasteiger partial charge in [0.1, 0.15) is 11.2 Å². The largest absolute Gasteiger partial charge is 0.534 e. The number of piperidine rings is 2. The van der Waals surface area contributed by atoms with Crippen LogP contribution in [0.5, 0.6) is 0 Å². The summed E-state index contributed by atoms with van der Waals surface area (Å²) in [4.78, 5) is 40.9. The van der Waals surface area contributed by atoms with Crippen molar-refractivity contribution >= 4 is 83.7 Å². The summed E-state index contributed by atoms with van der Waals surface area (Å²) in [5, 5.41) is 2.19. The Balaban J connectivity index is 0.000000183. The average Bonchev–Trinajstić information content (AvgIpc) is 4.24. The maximum absolute atomic E-state index is 12.9. The number of benzene rings is 2. The summed E-state index contributed by atoms with van der Waals surface area (Å²) in [7, 11) is -6.23. The highest BCUT2D eigenvalue weighted by molar-refractivity contribution is 7.87. The Hall–Kier alpha value is -4.60. The molecule has 2 atom stereocenters. The van der Waals surface area contributed by atoms with E-state index in [1.807, 2.05) is 58.3 Å². The topological polar surface area (TPSA) is 153 Å². The Labute approximate surface area is 491 Å². The van der Waals surface area contributed by atoms with Gasteiger partial charge < -0.3 is 23.0 Å². The van der Waals surface area contributed by atoms with Gasteiger partial charge in [0.2, 0.25) is 5.88 Å². The standard InChI is InChI=1S/C25H33F2N3O2S.C20H27BF2N2O2S.C12H18F3NO5S/c1-16-5-7-20(30(14-16)24(31)32-25(2,3)4)18-6-8-21-19(13-18)28-23(33-21)17-9-11-29(12-10-17)15-22(26)27;1-19(2)20(3,4)27-21(26-19)14-5-6-16-15(11-14)24-18(28-16)13-7-9-25(10-8-13)12-17(22)23;1-8-5-6-9(21-22(18,19)12(13,14)15)16(7-8)10(17)20-11(2,3)4/h6-8,13,16-17,22H,5,9-12,14-15H2,1-4H3;5-6,11,13,17H,7-10,12H2,1-4H3;6,8H,5,7H2,1-4H3/t16-;;8-/m0.0/s1. The summed E-state index contributed by atoms with van der Waals surface area (Å²) < 4.78 is 139. The Morgan fingerprint density at radius 3 is 1.58 bits per heavy atom. The van der Waals surface area contributed by atoms with E-state index in [1.165, 1.54) is 0 Å². The molecule has 460 valence electrons. The minimum atomic E-state index is -5.84. The van der Waals surface area contributed by atoms with E-state index in [4.69, 9.17) is 28.8 Å². The van der Waals surface area contributed by atoms with Crippen LogP contribution in [0.25, 0.3) is 26.1 Å². The van der Waals surface area contributed by atoms with E-state index in [-0.39, 0.29) is 49.3 Å². The lowest BCUT2D eigenvalue weighted by Crippen LogP contribution is -2.42. The summed E-state index contributed by atoms with van der Waals surface area (Å²) >= 11 is 3.40. The fourth-order valence-electron chi connectivity index (χ4n) is 9.94. The van der Waals surface area contributed by atoms with Gasteiger partial charge in [-0.25, -0.2) is 42.0 Å². The van der Waals surface area contributed by atoms with E-state index in [0.29, 0.717) is 50.5 Å². The third-order valence-corrected chi connectivity index (χ3v) is 18.3. The summed E-state index contributed by atoms with van der Waals surface area (Å²) in [5.74, 6) is 0.268. The highest BCUT2D eigenvalue weighted by atomic mass is 32.2. The van der Waals surface area contributed by atoms with Crippen molar-refractivity contribution < 1.29 is 71.7 Å². The Bertz CT molecular complexity index is 3060. The zero-order valence-electron chi connectivity index (χ0n) is 49.3. The van der Waals surface area contributed by atoms with Gasteiger partial charge in [0.25, 0.3) is 12.9 Å². The molecule has 15 nitrogen and oxygen atoms in total.